The summed E-state index contributed by atoms with van der Waals surface area (Å²) in [5.74, 6) is -4.77. The predicted octanol–water partition coefficient (Wildman–Crippen LogP) is 1.65. The summed E-state index contributed by atoms with van der Waals surface area (Å²) in [6, 6.07) is 0. The summed E-state index contributed by atoms with van der Waals surface area (Å²) in [5.41, 5.74) is 0. The molecule has 0 N–H and O–H groups in total. The van der Waals surface area contributed by atoms with Gasteiger partial charge < -0.3 is 0 Å². The van der Waals surface area contributed by atoms with Crippen LogP contribution in [-0.4, -0.2) is 17.6 Å². The van der Waals surface area contributed by atoms with Gasteiger partial charge in [0.2, 0.25) is 0 Å². The van der Waals surface area contributed by atoms with Crippen molar-refractivity contribution < 1.29 is 22.4 Å². The smallest absolute Gasteiger partial charge is 0.296 e. The Bertz CT molecular complexity index is 117. The van der Waals surface area contributed by atoms with E-state index < -0.39 is 17.6 Å². The van der Waals surface area contributed by atoms with Crippen LogP contribution in [0.4, 0.5) is 17.6 Å². The monoisotopic (exact) mass is 164 g/mol. The Hall–Kier alpha value is -0.320. The van der Waals surface area contributed by atoms with Crippen molar-refractivity contribution in [3.8, 4) is 0 Å². The van der Waals surface area contributed by atoms with Gasteiger partial charge in [-0.15, -0.1) is 0 Å². The fraction of sp³-hybridized carbons (Fsp3) is 0.667. The second kappa shape index (κ2) is 2.13. The number of aldehydes is 1. The molecule has 0 spiro atoms. The van der Waals surface area contributed by atoms with Gasteiger partial charge in [0.15, 0.2) is 6.29 Å². The van der Waals surface area contributed by atoms with Crippen molar-refractivity contribution >= 4 is 17.9 Å². The highest BCUT2D eigenvalue weighted by Gasteiger charge is 2.55. The molecule has 0 saturated heterocycles. The number of alkyl halides is 5. The van der Waals surface area contributed by atoms with Crippen molar-refractivity contribution in [3.63, 3.8) is 0 Å². The molecule has 0 fully saturated rings. The van der Waals surface area contributed by atoms with Crippen molar-refractivity contribution in [2.75, 3.05) is 0 Å². The Morgan fingerprint density at radius 3 is 1.56 bits per heavy atom. The zero-order chi connectivity index (χ0) is 7.71. The second-order valence-electron chi connectivity index (χ2n) is 1.24. The molecular weight excluding hydrogens is 163 g/mol. The fourth-order valence-corrected chi connectivity index (χ4v) is 0.111. The van der Waals surface area contributed by atoms with E-state index in [9.17, 15) is 17.6 Å². The maximum atomic E-state index is 11.4. The lowest BCUT2D eigenvalue weighted by Gasteiger charge is -2.13. The third-order valence-electron chi connectivity index (χ3n) is 0.526. The lowest BCUT2D eigenvalue weighted by molar-refractivity contribution is -0.165. The van der Waals surface area contributed by atoms with E-state index in [0.717, 1.165) is 0 Å². The molecule has 0 heterocycles. The molecule has 0 aliphatic heterocycles. The standard InChI is InChI=1S/C3HClF4O/c4-3(7,8)2(5,6)1-9/h1H. The Kier molecular flexibility index (Phi) is 2.06. The summed E-state index contributed by atoms with van der Waals surface area (Å²) >= 11 is 3.81. The molecule has 0 aromatic rings. The van der Waals surface area contributed by atoms with Gasteiger partial charge in [0.1, 0.15) is 0 Å². The molecule has 0 atom stereocenters. The van der Waals surface area contributed by atoms with E-state index in [1.807, 2.05) is 0 Å². The Morgan fingerprint density at radius 1 is 1.22 bits per heavy atom. The number of carbonyl (C=O) groups excluding carboxylic acids is 1. The maximum absolute atomic E-state index is 11.4. The Labute approximate surface area is 52.6 Å². The molecule has 0 amide bonds. The lowest BCUT2D eigenvalue weighted by Crippen LogP contribution is -2.36. The zero-order valence-electron chi connectivity index (χ0n) is 3.88. The molecule has 0 aromatic carbocycles. The maximum Gasteiger partial charge on any atom is 0.391 e. The predicted molar refractivity (Wildman–Crippen MR) is 21.8 cm³/mol. The molecule has 0 aromatic heterocycles. The van der Waals surface area contributed by atoms with Gasteiger partial charge in [0.05, 0.1) is 0 Å². The van der Waals surface area contributed by atoms with E-state index in [2.05, 4.69) is 11.6 Å². The molecule has 0 bridgehead atoms. The zero-order valence-corrected chi connectivity index (χ0v) is 4.63. The van der Waals surface area contributed by atoms with Gasteiger partial charge in [0, 0.05) is 0 Å². The summed E-state index contributed by atoms with van der Waals surface area (Å²) in [7, 11) is 0. The molecule has 0 radical (unpaired) electrons. The molecule has 9 heavy (non-hydrogen) atoms. The molecule has 0 aliphatic rings. The minimum atomic E-state index is -4.78. The lowest BCUT2D eigenvalue weighted by atomic mass is 10.4. The Balaban J connectivity index is 4.32. The third kappa shape index (κ3) is 1.82. The van der Waals surface area contributed by atoms with Gasteiger partial charge in [-0.3, -0.25) is 4.79 Å². The van der Waals surface area contributed by atoms with E-state index in [1.165, 1.54) is 0 Å². The van der Waals surface area contributed by atoms with Crippen LogP contribution in [0.15, 0.2) is 0 Å². The molecular formula is C3HClF4O. The number of halogens is 5. The van der Waals surface area contributed by atoms with Crippen LogP contribution < -0.4 is 0 Å². The average Bonchev–Trinajstić information content (AvgIpc) is 1.64. The first-order chi connectivity index (χ1) is 3.81. The van der Waals surface area contributed by atoms with E-state index in [1.54, 1.807) is 0 Å². The molecule has 0 rings (SSSR count). The van der Waals surface area contributed by atoms with Crippen LogP contribution in [0.1, 0.15) is 0 Å². The summed E-state index contributed by atoms with van der Waals surface area (Å²) in [6.45, 7) is 0. The van der Waals surface area contributed by atoms with Crippen molar-refractivity contribution in [1.29, 1.82) is 0 Å². The van der Waals surface area contributed by atoms with Gasteiger partial charge in [-0.05, 0) is 11.6 Å². The van der Waals surface area contributed by atoms with Crippen LogP contribution in [0, 0.1) is 0 Å². The first-order valence-corrected chi connectivity index (χ1v) is 2.10. The van der Waals surface area contributed by atoms with Crippen molar-refractivity contribution in [3.05, 3.63) is 0 Å². The molecule has 0 aliphatic carbocycles. The fourth-order valence-electron chi connectivity index (χ4n) is 0.0668. The number of hydrogen-bond donors (Lipinski definition) is 0. The first kappa shape index (κ1) is 8.68. The van der Waals surface area contributed by atoms with Crippen LogP contribution in [0.25, 0.3) is 0 Å². The Morgan fingerprint density at radius 2 is 1.56 bits per heavy atom. The molecule has 1 nitrogen and oxygen atoms in total. The number of carbonyl (C=O) groups is 1. The van der Waals surface area contributed by atoms with Crippen molar-refractivity contribution in [1.82, 2.24) is 0 Å². The van der Waals surface area contributed by atoms with Gasteiger partial charge in [-0.2, -0.15) is 17.6 Å². The normalized spacial score (nSPS) is 13.4. The summed E-state index contributed by atoms with van der Waals surface area (Å²) in [4.78, 5) is 9.16. The van der Waals surface area contributed by atoms with Crippen LogP contribution in [0.5, 0.6) is 0 Å². The first-order valence-electron chi connectivity index (χ1n) is 1.72. The van der Waals surface area contributed by atoms with Crippen LogP contribution in [0.3, 0.4) is 0 Å². The molecule has 54 valence electrons. The van der Waals surface area contributed by atoms with E-state index in [-0.39, 0.29) is 0 Å². The third-order valence-corrected chi connectivity index (χ3v) is 0.778. The highest BCUT2D eigenvalue weighted by atomic mass is 35.5. The van der Waals surface area contributed by atoms with Crippen LogP contribution in [0.2, 0.25) is 0 Å². The second-order valence-corrected chi connectivity index (χ2v) is 1.71. The van der Waals surface area contributed by atoms with Gasteiger partial charge in [-0.1, -0.05) is 0 Å². The number of hydrogen-bond acceptors (Lipinski definition) is 1. The minimum Gasteiger partial charge on any atom is -0.296 e. The minimum absolute atomic E-state index is 1.19. The van der Waals surface area contributed by atoms with Crippen LogP contribution in [-0.2, 0) is 4.79 Å². The highest BCUT2D eigenvalue weighted by molar-refractivity contribution is 6.23. The molecule has 6 heteroatoms. The van der Waals surface area contributed by atoms with Crippen molar-refractivity contribution in [2.24, 2.45) is 0 Å². The summed E-state index contributed by atoms with van der Waals surface area (Å²) in [6.07, 6.45) is -1.19. The quantitative estimate of drug-likeness (QED) is 0.345. The summed E-state index contributed by atoms with van der Waals surface area (Å²) in [5, 5.41) is -4.78. The van der Waals surface area contributed by atoms with Gasteiger partial charge >= 0.3 is 11.3 Å². The highest BCUT2D eigenvalue weighted by Crippen LogP contribution is 2.35. The topological polar surface area (TPSA) is 17.1 Å². The van der Waals surface area contributed by atoms with E-state index in [4.69, 9.17) is 4.79 Å². The van der Waals surface area contributed by atoms with Gasteiger partial charge in [-0.25, -0.2) is 0 Å². The average molecular weight is 164 g/mol. The van der Waals surface area contributed by atoms with Crippen molar-refractivity contribution in [2.45, 2.75) is 11.3 Å². The molecule has 0 saturated carbocycles. The van der Waals surface area contributed by atoms with E-state index >= 15 is 0 Å². The van der Waals surface area contributed by atoms with Crippen LogP contribution >= 0.6 is 11.6 Å². The largest absolute Gasteiger partial charge is 0.391 e. The number of rotatable bonds is 2. The van der Waals surface area contributed by atoms with Gasteiger partial charge in [0.25, 0.3) is 0 Å². The van der Waals surface area contributed by atoms with E-state index in [0.29, 0.717) is 0 Å². The summed E-state index contributed by atoms with van der Waals surface area (Å²) < 4.78 is 45.4. The SMILES string of the molecule is O=CC(F)(F)C(F)(F)Cl. The molecule has 0 unspecified atom stereocenters.